The number of rotatable bonds is 4. The smallest absolute Gasteiger partial charge is 0.256 e. The van der Waals surface area contributed by atoms with Gasteiger partial charge < -0.3 is 27.6 Å². The van der Waals surface area contributed by atoms with Crippen LogP contribution >= 0.6 is 0 Å². The SMILES string of the molecule is CC(C)(C)c1ccc2c(c1)B1c3c(cc(C(C)(C)C)cc3-n3c4ccc(-n5c6ccccc6c6cc(-n7c8ccccc8c8ccccc87)ccc65)cc4c4cc(-n5c6ccccc6c6cc(-n7c8ccccc8c8ccccc87)ccc65)cc1c43)O2. The lowest BCUT2D eigenvalue weighted by atomic mass is 9.34. The van der Waals surface area contributed by atoms with Crippen molar-refractivity contribution in [3.05, 3.63) is 254 Å². The van der Waals surface area contributed by atoms with Gasteiger partial charge in [-0.15, -0.1) is 0 Å². The molecular formula is C80H58BN5O. The van der Waals surface area contributed by atoms with E-state index in [9.17, 15) is 0 Å². The summed E-state index contributed by atoms with van der Waals surface area (Å²) >= 11 is 0. The Morgan fingerprint density at radius 2 is 0.644 bits per heavy atom. The third kappa shape index (κ3) is 6.66. The van der Waals surface area contributed by atoms with Crippen molar-refractivity contribution in [3.8, 4) is 39.9 Å². The molecule has 412 valence electrons. The molecule has 2 aliphatic rings. The van der Waals surface area contributed by atoms with Gasteiger partial charge in [-0.25, -0.2) is 0 Å². The molecule has 0 unspecified atom stereocenters. The second-order valence-corrected chi connectivity index (χ2v) is 26.5. The zero-order valence-corrected chi connectivity index (χ0v) is 49.3. The van der Waals surface area contributed by atoms with Gasteiger partial charge in [0, 0.05) is 87.8 Å². The van der Waals surface area contributed by atoms with Gasteiger partial charge in [-0.2, -0.15) is 0 Å². The van der Waals surface area contributed by atoms with Crippen LogP contribution in [0.2, 0.25) is 0 Å². The second kappa shape index (κ2) is 17.1. The summed E-state index contributed by atoms with van der Waals surface area (Å²) in [5.41, 5.74) is 23.6. The van der Waals surface area contributed by atoms with Crippen molar-refractivity contribution in [2.24, 2.45) is 0 Å². The first-order valence-electron chi connectivity index (χ1n) is 30.6. The Morgan fingerprint density at radius 3 is 1.08 bits per heavy atom. The monoisotopic (exact) mass is 1120 g/mol. The van der Waals surface area contributed by atoms with Crippen molar-refractivity contribution in [1.82, 2.24) is 22.8 Å². The number of hydrogen-bond acceptors (Lipinski definition) is 1. The van der Waals surface area contributed by atoms with Crippen LogP contribution in [0.15, 0.2) is 243 Å². The van der Waals surface area contributed by atoms with Crippen LogP contribution in [0.4, 0.5) is 0 Å². The Labute approximate surface area is 503 Å². The number of para-hydroxylation sites is 6. The molecule has 0 fully saturated rings. The van der Waals surface area contributed by atoms with Crippen LogP contribution in [0.3, 0.4) is 0 Å². The molecule has 0 N–H and O–H groups in total. The lowest BCUT2D eigenvalue weighted by Gasteiger charge is -2.36. The Morgan fingerprint density at radius 1 is 0.276 bits per heavy atom. The molecule has 0 atom stereocenters. The Balaban J connectivity index is 0.899. The van der Waals surface area contributed by atoms with Crippen molar-refractivity contribution < 1.29 is 4.74 Å². The molecule has 0 saturated heterocycles. The lowest BCUT2D eigenvalue weighted by Crippen LogP contribution is -2.58. The average molecular weight is 1120 g/mol. The number of benzene rings is 12. The molecular weight excluding hydrogens is 1060 g/mol. The first kappa shape index (κ1) is 48.8. The molecule has 12 aromatic carbocycles. The minimum absolute atomic E-state index is 0.0776. The molecule has 19 rings (SSSR count). The summed E-state index contributed by atoms with van der Waals surface area (Å²) in [6.07, 6.45) is 0. The predicted molar refractivity (Wildman–Crippen MR) is 367 cm³/mol. The van der Waals surface area contributed by atoms with Crippen LogP contribution in [-0.4, -0.2) is 29.5 Å². The van der Waals surface area contributed by atoms with Crippen molar-refractivity contribution in [2.75, 3.05) is 0 Å². The normalized spacial score (nSPS) is 13.2. The van der Waals surface area contributed by atoms with Crippen molar-refractivity contribution in [2.45, 2.75) is 52.4 Å². The predicted octanol–water partition coefficient (Wildman–Crippen LogP) is 18.7. The molecule has 7 heteroatoms. The molecule has 0 spiro atoms. The van der Waals surface area contributed by atoms with E-state index in [1.54, 1.807) is 0 Å². The van der Waals surface area contributed by atoms with Gasteiger partial charge in [-0.05, 0) is 160 Å². The maximum atomic E-state index is 7.24. The molecule has 0 bridgehead atoms. The number of hydrogen-bond donors (Lipinski definition) is 0. The van der Waals surface area contributed by atoms with Gasteiger partial charge in [0.25, 0.3) is 6.71 Å². The molecule has 0 saturated carbocycles. The van der Waals surface area contributed by atoms with Crippen LogP contribution in [0.25, 0.3) is 137 Å². The number of nitrogens with zero attached hydrogens (tertiary/aromatic N) is 5. The Kier molecular flexibility index (Phi) is 9.61. The fourth-order valence-corrected chi connectivity index (χ4v) is 15.6. The summed E-state index contributed by atoms with van der Waals surface area (Å²) in [5.74, 6) is 1.85. The van der Waals surface area contributed by atoms with E-state index in [2.05, 4.69) is 307 Å². The number of fused-ring (bicyclic) bond motifs is 19. The minimum atomic E-state index is -0.143. The third-order valence-electron chi connectivity index (χ3n) is 19.6. The zero-order chi connectivity index (χ0) is 57.9. The molecule has 0 amide bonds. The fourth-order valence-electron chi connectivity index (χ4n) is 15.6. The van der Waals surface area contributed by atoms with Gasteiger partial charge >= 0.3 is 0 Å². The van der Waals surface area contributed by atoms with Gasteiger partial charge in [-0.1, -0.05) is 163 Å². The molecule has 2 aliphatic heterocycles. The third-order valence-corrected chi connectivity index (χ3v) is 19.6. The summed E-state index contributed by atoms with van der Waals surface area (Å²) in [6, 6.07) is 91.3. The lowest BCUT2D eigenvalue weighted by molar-refractivity contribution is 0.482. The van der Waals surface area contributed by atoms with E-state index < -0.39 is 0 Å². The highest BCUT2D eigenvalue weighted by molar-refractivity contribution is 6.99. The molecule has 7 heterocycles. The summed E-state index contributed by atoms with van der Waals surface area (Å²) in [7, 11) is 0. The fraction of sp³-hybridized carbons (Fsp3) is 0.100. The highest BCUT2D eigenvalue weighted by atomic mass is 16.5. The minimum Gasteiger partial charge on any atom is -0.458 e. The van der Waals surface area contributed by atoms with Gasteiger partial charge in [-0.3, -0.25) is 0 Å². The van der Waals surface area contributed by atoms with Crippen molar-refractivity contribution in [3.63, 3.8) is 0 Å². The number of ether oxygens (including phenoxy) is 1. The summed E-state index contributed by atoms with van der Waals surface area (Å²) in [5, 5.41) is 12.3. The van der Waals surface area contributed by atoms with Crippen LogP contribution in [0.5, 0.6) is 11.5 Å². The van der Waals surface area contributed by atoms with Crippen LogP contribution in [0, 0.1) is 0 Å². The topological polar surface area (TPSA) is 33.9 Å². The molecule has 5 aromatic heterocycles. The quantitative estimate of drug-likeness (QED) is 0.162. The summed E-state index contributed by atoms with van der Waals surface area (Å²) < 4.78 is 19.7. The van der Waals surface area contributed by atoms with E-state index in [1.165, 1.54) is 137 Å². The van der Waals surface area contributed by atoms with Gasteiger partial charge in [0.15, 0.2) is 0 Å². The second-order valence-electron chi connectivity index (χ2n) is 26.5. The van der Waals surface area contributed by atoms with Crippen molar-refractivity contribution in [1.29, 1.82) is 0 Å². The molecule has 6 nitrogen and oxygen atoms in total. The highest BCUT2D eigenvalue weighted by Crippen LogP contribution is 2.45. The zero-order valence-electron chi connectivity index (χ0n) is 49.3. The van der Waals surface area contributed by atoms with Gasteiger partial charge in [0.2, 0.25) is 0 Å². The van der Waals surface area contributed by atoms with E-state index in [4.69, 9.17) is 4.74 Å². The molecule has 0 aliphatic carbocycles. The van der Waals surface area contributed by atoms with E-state index in [-0.39, 0.29) is 17.5 Å². The first-order valence-corrected chi connectivity index (χ1v) is 30.6. The Hall–Kier alpha value is -10.5. The average Bonchev–Trinajstić information content (AvgIpc) is 1.68. The standard InChI is InChI=1S/C80H58BN5O/c1-79(2,3)47-31-38-75-63(39-47)81-64-46-52(85-70-30-18-12-24-58(70)60-43-50(33-36-72(60)85)83-67-27-15-9-21-55(67)56-22-10-16-28-68(56)83)45-62-61-44-51(34-37-73(61)86(78(62)64)74-40-48(80(4,5)6)41-76(87-75)77(74)81)84-69-29-17-11-23-57(69)59-42-49(32-35-71(59)84)82-65-25-13-7-19-53(65)54-20-8-14-26-66(54)82/h7-46H,1-6H3. The van der Waals surface area contributed by atoms with Gasteiger partial charge in [0.1, 0.15) is 11.5 Å². The molecule has 17 aromatic rings. The molecule has 0 radical (unpaired) electrons. The van der Waals surface area contributed by atoms with Crippen LogP contribution < -0.4 is 21.1 Å². The van der Waals surface area contributed by atoms with Crippen molar-refractivity contribution >= 4 is 132 Å². The highest BCUT2D eigenvalue weighted by Gasteiger charge is 2.42. The number of aromatic nitrogens is 5. The van der Waals surface area contributed by atoms with E-state index >= 15 is 0 Å². The summed E-state index contributed by atoms with van der Waals surface area (Å²) in [4.78, 5) is 0. The Bertz CT molecular complexity index is 5800. The maximum absolute atomic E-state index is 7.24. The van der Waals surface area contributed by atoms with Crippen LogP contribution in [-0.2, 0) is 10.8 Å². The molecule has 87 heavy (non-hydrogen) atoms. The maximum Gasteiger partial charge on any atom is 0.256 e. The van der Waals surface area contributed by atoms with Crippen LogP contribution in [0.1, 0.15) is 52.7 Å². The van der Waals surface area contributed by atoms with E-state index in [0.29, 0.717) is 0 Å². The summed E-state index contributed by atoms with van der Waals surface area (Å²) in [6.45, 7) is 13.8. The first-order chi connectivity index (χ1) is 42.4. The van der Waals surface area contributed by atoms with E-state index in [1.807, 2.05) is 0 Å². The van der Waals surface area contributed by atoms with Gasteiger partial charge in [0.05, 0.1) is 49.7 Å². The van der Waals surface area contributed by atoms with E-state index in [0.717, 1.165) is 39.8 Å². The largest absolute Gasteiger partial charge is 0.458 e.